The van der Waals surface area contributed by atoms with Gasteiger partial charge in [0, 0.05) is 31.4 Å². The topological polar surface area (TPSA) is 63.5 Å². The van der Waals surface area contributed by atoms with Crippen LogP contribution in [0.3, 0.4) is 0 Å². The van der Waals surface area contributed by atoms with Gasteiger partial charge in [0.1, 0.15) is 5.82 Å². The number of nitrogens with zero attached hydrogens (tertiary/aromatic N) is 5. The third-order valence-electron chi connectivity index (χ3n) is 4.98. The number of anilines is 2. The Morgan fingerprint density at radius 3 is 2.52 bits per heavy atom. The SMILES string of the molecule is Cc1nn(-c2ccc(Cl)cc2)cc1C(=O)N(C)c1ccc(N2CCOCC2)nc1. The third-order valence-corrected chi connectivity index (χ3v) is 5.23. The molecule has 0 bridgehead atoms. The summed E-state index contributed by atoms with van der Waals surface area (Å²) in [6, 6.07) is 11.2. The Morgan fingerprint density at radius 2 is 1.86 bits per heavy atom. The smallest absolute Gasteiger partial charge is 0.261 e. The molecule has 3 heterocycles. The number of carbonyl (C=O) groups is 1. The van der Waals surface area contributed by atoms with E-state index in [4.69, 9.17) is 16.3 Å². The minimum Gasteiger partial charge on any atom is -0.378 e. The van der Waals surface area contributed by atoms with Crippen molar-refractivity contribution in [3.8, 4) is 5.69 Å². The number of ether oxygens (including phenoxy) is 1. The number of pyridine rings is 1. The average Bonchev–Trinajstić information content (AvgIpc) is 3.15. The first-order valence-corrected chi connectivity index (χ1v) is 9.80. The molecule has 0 aliphatic carbocycles. The fourth-order valence-corrected chi connectivity index (χ4v) is 3.38. The molecule has 0 saturated carbocycles. The Kier molecular flexibility index (Phi) is 5.51. The Morgan fingerprint density at radius 1 is 1.14 bits per heavy atom. The lowest BCUT2D eigenvalue weighted by atomic mass is 10.2. The molecule has 0 spiro atoms. The van der Waals surface area contributed by atoms with Crippen molar-refractivity contribution in [2.24, 2.45) is 0 Å². The lowest BCUT2D eigenvalue weighted by molar-refractivity contribution is 0.0992. The van der Waals surface area contributed by atoms with Gasteiger partial charge in [0.15, 0.2) is 0 Å². The molecule has 150 valence electrons. The zero-order chi connectivity index (χ0) is 20.4. The number of aromatic nitrogens is 3. The van der Waals surface area contributed by atoms with Crippen molar-refractivity contribution < 1.29 is 9.53 Å². The van der Waals surface area contributed by atoms with Crippen LogP contribution in [-0.4, -0.2) is 54.0 Å². The number of hydrogen-bond donors (Lipinski definition) is 0. The number of carbonyl (C=O) groups excluding carboxylic acids is 1. The van der Waals surface area contributed by atoms with Crippen molar-refractivity contribution in [3.05, 3.63) is 65.1 Å². The summed E-state index contributed by atoms with van der Waals surface area (Å²) in [5.41, 5.74) is 2.77. The molecular formula is C21H22ClN5O2. The van der Waals surface area contributed by atoms with Crippen LogP contribution in [0, 0.1) is 6.92 Å². The molecule has 1 aliphatic heterocycles. The molecule has 8 heteroatoms. The number of rotatable bonds is 4. The Balaban J connectivity index is 1.52. The minimum atomic E-state index is -0.136. The van der Waals surface area contributed by atoms with E-state index < -0.39 is 0 Å². The molecule has 1 aromatic carbocycles. The molecule has 3 aromatic rings. The molecule has 1 saturated heterocycles. The van der Waals surface area contributed by atoms with Crippen molar-refractivity contribution in [2.45, 2.75) is 6.92 Å². The summed E-state index contributed by atoms with van der Waals surface area (Å²) in [7, 11) is 1.74. The number of benzene rings is 1. The van der Waals surface area contributed by atoms with Gasteiger partial charge in [-0.15, -0.1) is 0 Å². The molecular weight excluding hydrogens is 390 g/mol. The van der Waals surface area contributed by atoms with Gasteiger partial charge >= 0.3 is 0 Å². The van der Waals surface area contributed by atoms with E-state index in [9.17, 15) is 4.79 Å². The maximum Gasteiger partial charge on any atom is 0.261 e. The summed E-state index contributed by atoms with van der Waals surface area (Å²) in [6.07, 6.45) is 3.47. The van der Waals surface area contributed by atoms with E-state index in [1.807, 2.05) is 31.2 Å². The van der Waals surface area contributed by atoms with Crippen LogP contribution in [0.5, 0.6) is 0 Å². The Hall–Kier alpha value is -2.90. The van der Waals surface area contributed by atoms with Gasteiger partial charge in [0.05, 0.1) is 42.0 Å². The Bertz CT molecular complexity index is 995. The zero-order valence-electron chi connectivity index (χ0n) is 16.4. The molecule has 0 atom stereocenters. The molecule has 0 N–H and O–H groups in total. The summed E-state index contributed by atoms with van der Waals surface area (Å²) < 4.78 is 7.06. The summed E-state index contributed by atoms with van der Waals surface area (Å²) >= 11 is 5.95. The molecule has 1 amide bonds. The quantitative estimate of drug-likeness (QED) is 0.658. The third kappa shape index (κ3) is 4.11. The van der Waals surface area contributed by atoms with Crippen LogP contribution in [0.15, 0.2) is 48.8 Å². The summed E-state index contributed by atoms with van der Waals surface area (Å²) in [5.74, 6) is 0.758. The average molecular weight is 412 g/mol. The summed E-state index contributed by atoms with van der Waals surface area (Å²) in [5, 5.41) is 5.13. The Labute approximate surface area is 174 Å². The molecule has 0 unspecified atom stereocenters. The second kappa shape index (κ2) is 8.23. The maximum atomic E-state index is 13.0. The van der Waals surface area contributed by atoms with E-state index in [0.29, 0.717) is 29.5 Å². The number of halogens is 1. The van der Waals surface area contributed by atoms with Gasteiger partial charge in [-0.1, -0.05) is 11.6 Å². The van der Waals surface area contributed by atoms with E-state index in [1.54, 1.807) is 41.2 Å². The van der Waals surface area contributed by atoms with Crippen molar-refractivity contribution in [3.63, 3.8) is 0 Å². The second-order valence-electron chi connectivity index (χ2n) is 6.89. The van der Waals surface area contributed by atoms with E-state index in [2.05, 4.69) is 15.0 Å². The van der Waals surface area contributed by atoms with Crippen LogP contribution in [0.1, 0.15) is 16.1 Å². The lowest BCUT2D eigenvalue weighted by Gasteiger charge is -2.28. The first kappa shape index (κ1) is 19.4. The summed E-state index contributed by atoms with van der Waals surface area (Å²) in [6.45, 7) is 4.89. The predicted octanol–water partition coefficient (Wildman–Crippen LogP) is 3.34. The van der Waals surface area contributed by atoms with Gasteiger partial charge in [-0.3, -0.25) is 4.79 Å². The van der Waals surface area contributed by atoms with Gasteiger partial charge in [-0.25, -0.2) is 9.67 Å². The zero-order valence-corrected chi connectivity index (χ0v) is 17.1. The number of hydrogen-bond acceptors (Lipinski definition) is 5. The highest BCUT2D eigenvalue weighted by Gasteiger charge is 2.20. The minimum absolute atomic E-state index is 0.136. The van der Waals surface area contributed by atoms with E-state index in [0.717, 1.165) is 30.3 Å². The fourth-order valence-electron chi connectivity index (χ4n) is 3.25. The molecule has 29 heavy (non-hydrogen) atoms. The largest absolute Gasteiger partial charge is 0.378 e. The van der Waals surface area contributed by atoms with Crippen LogP contribution in [0.2, 0.25) is 5.02 Å². The van der Waals surface area contributed by atoms with Crippen LogP contribution in [0.25, 0.3) is 5.69 Å². The fraction of sp³-hybridized carbons (Fsp3) is 0.286. The second-order valence-corrected chi connectivity index (χ2v) is 7.32. The molecule has 1 aliphatic rings. The molecule has 4 rings (SSSR count). The lowest BCUT2D eigenvalue weighted by Crippen LogP contribution is -2.36. The normalized spacial score (nSPS) is 14.1. The van der Waals surface area contributed by atoms with Gasteiger partial charge in [-0.05, 0) is 43.3 Å². The number of amides is 1. The van der Waals surface area contributed by atoms with Gasteiger partial charge in [-0.2, -0.15) is 5.10 Å². The standard InChI is InChI=1S/C21H22ClN5O2/c1-15-19(14-27(24-15)17-5-3-16(22)4-6-17)21(28)25(2)18-7-8-20(23-13-18)26-9-11-29-12-10-26/h3-8,13-14H,9-12H2,1-2H3. The van der Waals surface area contributed by atoms with Crippen molar-refractivity contribution in [1.82, 2.24) is 14.8 Å². The van der Waals surface area contributed by atoms with Crippen molar-refractivity contribution in [1.29, 1.82) is 0 Å². The van der Waals surface area contributed by atoms with Gasteiger partial charge in [0.2, 0.25) is 0 Å². The maximum absolute atomic E-state index is 13.0. The van der Waals surface area contributed by atoms with Crippen LogP contribution in [-0.2, 0) is 4.74 Å². The first-order chi connectivity index (χ1) is 14.0. The van der Waals surface area contributed by atoms with Gasteiger partial charge < -0.3 is 14.5 Å². The molecule has 2 aromatic heterocycles. The summed E-state index contributed by atoms with van der Waals surface area (Å²) in [4.78, 5) is 21.3. The number of morpholine rings is 1. The van der Waals surface area contributed by atoms with E-state index in [-0.39, 0.29) is 5.91 Å². The molecule has 0 radical (unpaired) electrons. The van der Waals surface area contributed by atoms with Crippen molar-refractivity contribution in [2.75, 3.05) is 43.2 Å². The van der Waals surface area contributed by atoms with Crippen molar-refractivity contribution >= 4 is 29.0 Å². The van der Waals surface area contributed by atoms with Gasteiger partial charge in [0.25, 0.3) is 5.91 Å². The molecule has 1 fully saturated rings. The van der Waals surface area contributed by atoms with Crippen LogP contribution < -0.4 is 9.80 Å². The van der Waals surface area contributed by atoms with Crippen LogP contribution >= 0.6 is 11.6 Å². The number of aryl methyl sites for hydroxylation is 1. The van der Waals surface area contributed by atoms with Crippen LogP contribution in [0.4, 0.5) is 11.5 Å². The highest BCUT2D eigenvalue weighted by atomic mass is 35.5. The van der Waals surface area contributed by atoms with E-state index >= 15 is 0 Å². The molecule has 7 nitrogen and oxygen atoms in total. The monoisotopic (exact) mass is 411 g/mol. The highest BCUT2D eigenvalue weighted by molar-refractivity contribution is 6.30. The first-order valence-electron chi connectivity index (χ1n) is 9.42. The predicted molar refractivity (Wildman–Crippen MR) is 113 cm³/mol. The highest BCUT2D eigenvalue weighted by Crippen LogP contribution is 2.21. The van der Waals surface area contributed by atoms with E-state index in [1.165, 1.54) is 0 Å².